The van der Waals surface area contributed by atoms with Crippen molar-refractivity contribution in [3.63, 3.8) is 0 Å². The van der Waals surface area contributed by atoms with Crippen molar-refractivity contribution in [2.45, 2.75) is 51.0 Å². The van der Waals surface area contributed by atoms with Gasteiger partial charge in [-0.05, 0) is 30.4 Å². The molecular formula is C22H28F3N3O6. The third-order valence-electron chi connectivity index (χ3n) is 6.72. The summed E-state index contributed by atoms with van der Waals surface area (Å²) in [5, 5.41) is 3.44. The van der Waals surface area contributed by atoms with Gasteiger partial charge in [-0.25, -0.2) is 4.79 Å². The molecule has 4 amide bonds. The van der Waals surface area contributed by atoms with Gasteiger partial charge < -0.3 is 19.5 Å². The van der Waals surface area contributed by atoms with E-state index in [9.17, 15) is 27.6 Å². The number of methoxy groups -OCH3 is 3. The lowest BCUT2D eigenvalue weighted by molar-refractivity contribution is -0.201. The second-order valence-corrected chi connectivity index (χ2v) is 8.52. The van der Waals surface area contributed by atoms with Gasteiger partial charge in [-0.3, -0.25) is 19.8 Å². The van der Waals surface area contributed by atoms with Crippen molar-refractivity contribution in [2.24, 2.45) is 11.8 Å². The smallest absolute Gasteiger partial charge is 0.440 e. The molecule has 2 N–H and O–H groups in total. The van der Waals surface area contributed by atoms with Crippen LogP contribution in [-0.4, -0.2) is 62.0 Å². The molecule has 1 aromatic rings. The van der Waals surface area contributed by atoms with Gasteiger partial charge in [0, 0.05) is 6.04 Å². The van der Waals surface area contributed by atoms with E-state index in [2.05, 4.69) is 0 Å². The van der Waals surface area contributed by atoms with Crippen LogP contribution < -0.4 is 24.8 Å². The first-order chi connectivity index (χ1) is 15.9. The Morgan fingerprint density at radius 3 is 2.29 bits per heavy atom. The van der Waals surface area contributed by atoms with Crippen LogP contribution in [-0.2, 0) is 4.79 Å². The normalized spacial score (nSPS) is 27.3. The number of carbonyl (C=O) groups excluding carboxylic acids is 3. The number of halogens is 3. The first kappa shape index (κ1) is 25.4. The SMILES string of the molecule is COc1ccc(C(=O)N[C@@]2(C(F)(F)F)NC(=O)N([C@@H]3CCC[C@H](C)[C@H]3C)C2=O)c(OC)c1OC. The molecule has 1 aliphatic heterocycles. The Hall–Kier alpha value is -3.18. The summed E-state index contributed by atoms with van der Waals surface area (Å²) in [6, 6.07) is 0.563. The van der Waals surface area contributed by atoms with E-state index in [1.807, 2.05) is 6.92 Å². The number of carbonyl (C=O) groups is 3. The van der Waals surface area contributed by atoms with Gasteiger partial charge in [0.15, 0.2) is 11.5 Å². The van der Waals surface area contributed by atoms with E-state index < -0.39 is 35.7 Å². The van der Waals surface area contributed by atoms with Crippen molar-refractivity contribution in [2.75, 3.05) is 21.3 Å². The molecule has 0 radical (unpaired) electrons. The van der Waals surface area contributed by atoms with Gasteiger partial charge >= 0.3 is 12.2 Å². The quantitative estimate of drug-likeness (QED) is 0.598. The van der Waals surface area contributed by atoms with Crippen molar-refractivity contribution < 1.29 is 41.8 Å². The molecule has 1 aliphatic carbocycles. The highest BCUT2D eigenvalue weighted by atomic mass is 19.4. The summed E-state index contributed by atoms with van der Waals surface area (Å²) in [5.74, 6) is -2.98. The lowest BCUT2D eigenvalue weighted by Gasteiger charge is -2.38. The van der Waals surface area contributed by atoms with E-state index in [0.717, 1.165) is 6.42 Å². The second kappa shape index (κ2) is 9.22. The molecule has 2 aliphatic rings. The Labute approximate surface area is 194 Å². The fourth-order valence-electron chi connectivity index (χ4n) is 4.63. The van der Waals surface area contributed by atoms with Crippen LogP contribution in [0.15, 0.2) is 12.1 Å². The van der Waals surface area contributed by atoms with Gasteiger partial charge in [-0.15, -0.1) is 0 Å². The van der Waals surface area contributed by atoms with Crippen LogP contribution in [0.5, 0.6) is 17.2 Å². The van der Waals surface area contributed by atoms with Crippen molar-refractivity contribution in [1.82, 2.24) is 15.5 Å². The Morgan fingerprint density at radius 1 is 1.09 bits per heavy atom. The summed E-state index contributed by atoms with van der Waals surface area (Å²) in [6.07, 6.45) is -3.42. The van der Waals surface area contributed by atoms with E-state index in [0.29, 0.717) is 17.7 Å². The molecule has 3 rings (SSSR count). The van der Waals surface area contributed by atoms with Gasteiger partial charge in [0.2, 0.25) is 5.75 Å². The molecule has 0 aromatic heterocycles. The monoisotopic (exact) mass is 487 g/mol. The Balaban J connectivity index is 2.02. The number of benzene rings is 1. The number of alkyl halides is 3. The average Bonchev–Trinajstić information content (AvgIpc) is 3.04. The summed E-state index contributed by atoms with van der Waals surface area (Å²) in [7, 11) is 3.80. The second-order valence-electron chi connectivity index (χ2n) is 8.52. The lowest BCUT2D eigenvalue weighted by atomic mass is 9.77. The third kappa shape index (κ3) is 3.98. The minimum Gasteiger partial charge on any atom is -0.493 e. The van der Waals surface area contributed by atoms with Crippen molar-refractivity contribution >= 4 is 17.8 Å². The maximum Gasteiger partial charge on any atom is 0.440 e. The predicted octanol–water partition coefficient (Wildman–Crippen LogP) is 3.08. The van der Waals surface area contributed by atoms with Crippen LogP contribution in [0.1, 0.15) is 43.5 Å². The standard InChI is InChI=1S/C22H28F3N3O6/c1-11-7-6-8-14(12(11)2)28-19(30)21(22(23,24)25,27-20(28)31)26-18(29)13-9-10-15(32-3)17(34-5)16(13)33-4/h9-12,14H,6-8H2,1-5H3,(H,26,29)(H,27,31)/t11-,12+,14+,21+/m0/s1. The van der Waals surface area contributed by atoms with Crippen molar-refractivity contribution in [3.8, 4) is 17.2 Å². The summed E-state index contributed by atoms with van der Waals surface area (Å²) in [6.45, 7) is 3.73. The van der Waals surface area contributed by atoms with Gasteiger partial charge in [-0.1, -0.05) is 26.7 Å². The van der Waals surface area contributed by atoms with Gasteiger partial charge in [0.1, 0.15) is 0 Å². The van der Waals surface area contributed by atoms with Crippen LogP contribution in [0.3, 0.4) is 0 Å². The number of ether oxygens (including phenoxy) is 3. The molecule has 0 spiro atoms. The fraction of sp³-hybridized carbons (Fsp3) is 0.591. The molecule has 1 saturated carbocycles. The molecule has 34 heavy (non-hydrogen) atoms. The number of hydrogen-bond acceptors (Lipinski definition) is 6. The molecule has 4 atom stereocenters. The summed E-state index contributed by atoms with van der Waals surface area (Å²) in [4.78, 5) is 39.6. The molecule has 9 nitrogen and oxygen atoms in total. The maximum atomic E-state index is 14.3. The molecule has 0 unspecified atom stereocenters. The number of nitrogens with one attached hydrogen (secondary N) is 2. The fourth-order valence-corrected chi connectivity index (χ4v) is 4.63. The Kier molecular flexibility index (Phi) is 6.90. The summed E-state index contributed by atoms with van der Waals surface area (Å²) >= 11 is 0. The van der Waals surface area contributed by atoms with Crippen molar-refractivity contribution in [3.05, 3.63) is 17.7 Å². The van der Waals surface area contributed by atoms with Gasteiger partial charge in [0.05, 0.1) is 26.9 Å². The number of nitrogens with zero attached hydrogens (tertiary/aromatic N) is 1. The highest BCUT2D eigenvalue weighted by molar-refractivity contribution is 6.11. The number of amides is 4. The molecule has 1 saturated heterocycles. The van der Waals surface area contributed by atoms with Gasteiger partial charge in [-0.2, -0.15) is 13.2 Å². The number of hydrogen-bond donors (Lipinski definition) is 2. The number of urea groups is 1. The Bertz CT molecular complexity index is 985. The average molecular weight is 487 g/mol. The van der Waals surface area contributed by atoms with E-state index in [-0.39, 0.29) is 34.6 Å². The van der Waals surface area contributed by atoms with Crippen LogP contribution in [0.25, 0.3) is 0 Å². The van der Waals surface area contributed by atoms with E-state index in [1.165, 1.54) is 33.5 Å². The van der Waals surface area contributed by atoms with Crippen molar-refractivity contribution in [1.29, 1.82) is 0 Å². The number of rotatable bonds is 6. The molecule has 2 fully saturated rings. The van der Waals surface area contributed by atoms with E-state index in [4.69, 9.17) is 14.2 Å². The Morgan fingerprint density at radius 2 is 1.74 bits per heavy atom. The highest BCUT2D eigenvalue weighted by Crippen LogP contribution is 2.42. The largest absolute Gasteiger partial charge is 0.493 e. The number of imide groups is 1. The highest BCUT2D eigenvalue weighted by Gasteiger charge is 2.70. The minimum absolute atomic E-state index is 0.0212. The zero-order valence-electron chi connectivity index (χ0n) is 19.5. The minimum atomic E-state index is -5.32. The van der Waals surface area contributed by atoms with E-state index >= 15 is 0 Å². The lowest BCUT2D eigenvalue weighted by Crippen LogP contribution is -2.69. The molecule has 188 valence electrons. The zero-order valence-corrected chi connectivity index (χ0v) is 19.5. The molecule has 1 heterocycles. The van der Waals surface area contributed by atoms with Gasteiger partial charge in [0.25, 0.3) is 17.5 Å². The molecule has 0 bridgehead atoms. The zero-order chi connectivity index (χ0) is 25.4. The molecule has 1 aromatic carbocycles. The summed E-state index contributed by atoms with van der Waals surface area (Å²) < 4.78 is 58.4. The topological polar surface area (TPSA) is 106 Å². The van der Waals surface area contributed by atoms with Crippen LogP contribution in [0, 0.1) is 11.8 Å². The maximum absolute atomic E-state index is 14.3. The predicted molar refractivity (Wildman–Crippen MR) is 114 cm³/mol. The third-order valence-corrected chi connectivity index (χ3v) is 6.72. The van der Waals surface area contributed by atoms with E-state index in [1.54, 1.807) is 17.6 Å². The first-order valence-electron chi connectivity index (χ1n) is 10.8. The van der Waals surface area contributed by atoms with Crippen LogP contribution in [0.2, 0.25) is 0 Å². The molecular weight excluding hydrogens is 459 g/mol. The van der Waals surface area contributed by atoms with Crippen LogP contribution in [0.4, 0.5) is 18.0 Å². The first-order valence-corrected chi connectivity index (χ1v) is 10.8. The van der Waals surface area contributed by atoms with Crippen LogP contribution >= 0.6 is 0 Å². The molecule has 12 heteroatoms. The summed E-state index contributed by atoms with van der Waals surface area (Å²) in [5.41, 5.74) is -3.97.